The Morgan fingerprint density at radius 3 is 2.37 bits per heavy atom. The van der Waals surface area contributed by atoms with E-state index in [1.54, 1.807) is 18.2 Å². The zero-order valence-electron chi connectivity index (χ0n) is 15.6. The molecule has 2 aromatic rings. The van der Waals surface area contributed by atoms with E-state index in [9.17, 15) is 9.59 Å². The second kappa shape index (κ2) is 8.58. The fourth-order valence-electron chi connectivity index (χ4n) is 3.38. The third-order valence-electron chi connectivity index (χ3n) is 4.77. The fourth-order valence-corrected chi connectivity index (χ4v) is 3.38. The maximum absolute atomic E-state index is 12.7. The second-order valence-corrected chi connectivity index (χ2v) is 6.44. The van der Waals surface area contributed by atoms with Crippen molar-refractivity contribution in [2.75, 3.05) is 27.3 Å². The molecule has 142 valence electrons. The van der Waals surface area contributed by atoms with E-state index in [0.29, 0.717) is 23.6 Å². The topological polar surface area (TPSA) is 67.9 Å². The molecule has 6 heteroatoms. The van der Waals surface area contributed by atoms with Crippen molar-refractivity contribution in [2.45, 2.75) is 18.9 Å². The van der Waals surface area contributed by atoms with Crippen molar-refractivity contribution >= 4 is 11.8 Å². The van der Waals surface area contributed by atoms with E-state index in [4.69, 9.17) is 9.47 Å². The lowest BCUT2D eigenvalue weighted by Gasteiger charge is -2.25. The van der Waals surface area contributed by atoms with E-state index < -0.39 is 0 Å². The van der Waals surface area contributed by atoms with Crippen LogP contribution >= 0.6 is 0 Å². The predicted molar refractivity (Wildman–Crippen MR) is 102 cm³/mol. The molecular formula is C21H24N2O4. The Morgan fingerprint density at radius 1 is 1.07 bits per heavy atom. The minimum absolute atomic E-state index is 0.0400. The lowest BCUT2D eigenvalue weighted by Crippen LogP contribution is -2.39. The molecule has 1 saturated heterocycles. The maximum Gasteiger partial charge on any atom is 0.251 e. The molecule has 0 aliphatic carbocycles. The number of hydrogen-bond donors (Lipinski definition) is 1. The van der Waals surface area contributed by atoms with Gasteiger partial charge in [-0.15, -0.1) is 0 Å². The number of likely N-dealkylation sites (tertiary alicyclic amines) is 1. The van der Waals surface area contributed by atoms with Crippen molar-refractivity contribution in [3.63, 3.8) is 0 Å². The van der Waals surface area contributed by atoms with Crippen molar-refractivity contribution in [1.29, 1.82) is 0 Å². The first-order chi connectivity index (χ1) is 13.1. The second-order valence-electron chi connectivity index (χ2n) is 6.44. The normalized spacial score (nSPS) is 16.1. The van der Waals surface area contributed by atoms with Gasteiger partial charge in [-0.3, -0.25) is 9.59 Å². The van der Waals surface area contributed by atoms with Crippen LogP contribution in [0.15, 0.2) is 48.5 Å². The number of methoxy groups -OCH3 is 2. The molecule has 6 nitrogen and oxygen atoms in total. The Bertz CT molecular complexity index is 785. The summed E-state index contributed by atoms with van der Waals surface area (Å²) < 4.78 is 10.4. The largest absolute Gasteiger partial charge is 0.497 e. The Hall–Kier alpha value is -3.02. The molecule has 1 heterocycles. The molecule has 0 unspecified atom stereocenters. The molecule has 0 radical (unpaired) electrons. The molecule has 1 atom stereocenters. The minimum Gasteiger partial charge on any atom is -0.497 e. The monoisotopic (exact) mass is 368 g/mol. The summed E-state index contributed by atoms with van der Waals surface area (Å²) in [5.74, 6) is 0.629. The molecule has 2 amide bonds. The number of ether oxygens (including phenoxy) is 2. The average molecular weight is 368 g/mol. The van der Waals surface area contributed by atoms with Gasteiger partial charge in [0.25, 0.3) is 5.91 Å². The number of benzene rings is 2. The molecule has 1 fully saturated rings. The first-order valence-electron chi connectivity index (χ1n) is 8.98. The first-order valence-corrected chi connectivity index (χ1v) is 8.98. The lowest BCUT2D eigenvalue weighted by molar-refractivity contribution is -0.131. The van der Waals surface area contributed by atoms with Crippen LogP contribution < -0.4 is 14.8 Å². The van der Waals surface area contributed by atoms with Crippen LogP contribution in [0.4, 0.5) is 0 Å². The maximum atomic E-state index is 12.7. The van der Waals surface area contributed by atoms with Gasteiger partial charge in [0.05, 0.1) is 26.8 Å². The van der Waals surface area contributed by atoms with Crippen LogP contribution in [-0.4, -0.2) is 44.0 Å². The molecule has 0 aromatic heterocycles. The van der Waals surface area contributed by atoms with Crippen molar-refractivity contribution in [1.82, 2.24) is 10.2 Å². The zero-order valence-corrected chi connectivity index (χ0v) is 15.6. The quantitative estimate of drug-likeness (QED) is 0.851. The molecule has 0 saturated carbocycles. The number of nitrogens with zero attached hydrogens (tertiary/aromatic N) is 1. The first kappa shape index (κ1) is 18.8. The Kier molecular flexibility index (Phi) is 5.96. The van der Waals surface area contributed by atoms with Gasteiger partial charge in [0.15, 0.2) is 0 Å². The van der Waals surface area contributed by atoms with E-state index >= 15 is 0 Å². The third kappa shape index (κ3) is 4.39. The van der Waals surface area contributed by atoms with E-state index in [1.807, 2.05) is 35.2 Å². The van der Waals surface area contributed by atoms with Gasteiger partial charge in [-0.1, -0.05) is 30.3 Å². The Morgan fingerprint density at radius 2 is 1.74 bits per heavy atom. The number of rotatable bonds is 6. The predicted octanol–water partition coefficient (Wildman–Crippen LogP) is 2.80. The standard InChI is InChI=1S/C21H24N2O4/c1-26-17-11-16(12-18(13-17)27-2)21(25)22-14-20(24)23-10-6-9-19(23)15-7-4-3-5-8-15/h3-5,7-8,11-13,19H,6,9-10,14H2,1-2H3,(H,22,25)/t19-/m1/s1. The summed E-state index contributed by atoms with van der Waals surface area (Å²) in [6, 6.07) is 15.0. The summed E-state index contributed by atoms with van der Waals surface area (Å²) in [5.41, 5.74) is 1.52. The van der Waals surface area contributed by atoms with Crippen molar-refractivity contribution in [3.05, 3.63) is 59.7 Å². The van der Waals surface area contributed by atoms with Crippen molar-refractivity contribution < 1.29 is 19.1 Å². The van der Waals surface area contributed by atoms with Gasteiger partial charge >= 0.3 is 0 Å². The third-order valence-corrected chi connectivity index (χ3v) is 4.77. The smallest absolute Gasteiger partial charge is 0.251 e. The highest BCUT2D eigenvalue weighted by Crippen LogP contribution is 2.31. The van der Waals surface area contributed by atoms with Crippen LogP contribution in [0.5, 0.6) is 11.5 Å². The number of nitrogens with one attached hydrogen (secondary N) is 1. The summed E-state index contributed by atoms with van der Waals surface area (Å²) >= 11 is 0. The van der Waals surface area contributed by atoms with Crippen LogP contribution in [0.2, 0.25) is 0 Å². The van der Waals surface area contributed by atoms with E-state index in [2.05, 4.69) is 5.32 Å². The summed E-state index contributed by atoms with van der Waals surface area (Å²) in [4.78, 5) is 27.0. The van der Waals surface area contributed by atoms with Gasteiger partial charge in [-0.05, 0) is 30.5 Å². The van der Waals surface area contributed by atoms with E-state index in [-0.39, 0.29) is 24.4 Å². The molecule has 0 spiro atoms. The van der Waals surface area contributed by atoms with Gasteiger partial charge in [0.1, 0.15) is 11.5 Å². The van der Waals surface area contributed by atoms with Crippen LogP contribution in [0.25, 0.3) is 0 Å². The summed E-state index contributed by atoms with van der Waals surface area (Å²) in [6.07, 6.45) is 1.91. The van der Waals surface area contributed by atoms with Crippen molar-refractivity contribution in [3.8, 4) is 11.5 Å². The van der Waals surface area contributed by atoms with Crippen LogP contribution in [-0.2, 0) is 4.79 Å². The van der Waals surface area contributed by atoms with Gasteiger partial charge in [-0.25, -0.2) is 0 Å². The summed E-state index contributed by atoms with van der Waals surface area (Å²) in [6.45, 7) is 0.670. The van der Waals surface area contributed by atoms with Crippen LogP contribution in [0.3, 0.4) is 0 Å². The molecule has 1 aliphatic heterocycles. The minimum atomic E-state index is -0.337. The Balaban J connectivity index is 1.64. The molecular weight excluding hydrogens is 344 g/mol. The molecule has 0 bridgehead atoms. The molecule has 1 aliphatic rings. The number of hydrogen-bond acceptors (Lipinski definition) is 4. The van der Waals surface area contributed by atoms with E-state index in [1.165, 1.54) is 14.2 Å². The fraction of sp³-hybridized carbons (Fsp3) is 0.333. The molecule has 1 N–H and O–H groups in total. The number of carbonyl (C=O) groups is 2. The van der Waals surface area contributed by atoms with Gasteiger partial charge in [0.2, 0.25) is 5.91 Å². The molecule has 27 heavy (non-hydrogen) atoms. The SMILES string of the molecule is COc1cc(OC)cc(C(=O)NCC(=O)N2CCC[C@@H]2c2ccccc2)c1. The zero-order chi connectivity index (χ0) is 19.2. The van der Waals surface area contributed by atoms with Crippen LogP contribution in [0.1, 0.15) is 34.8 Å². The highest BCUT2D eigenvalue weighted by atomic mass is 16.5. The molecule has 2 aromatic carbocycles. The van der Waals surface area contributed by atoms with Gasteiger partial charge in [0, 0.05) is 18.2 Å². The highest BCUT2D eigenvalue weighted by molar-refractivity contribution is 5.97. The summed E-state index contributed by atoms with van der Waals surface area (Å²) in [7, 11) is 3.05. The van der Waals surface area contributed by atoms with Crippen LogP contribution in [0, 0.1) is 0 Å². The van der Waals surface area contributed by atoms with E-state index in [0.717, 1.165) is 18.4 Å². The highest BCUT2D eigenvalue weighted by Gasteiger charge is 2.29. The molecule has 3 rings (SSSR count). The van der Waals surface area contributed by atoms with Gasteiger partial charge < -0.3 is 19.7 Å². The summed E-state index contributed by atoms with van der Waals surface area (Å²) in [5, 5.41) is 2.71. The lowest BCUT2D eigenvalue weighted by atomic mass is 10.0. The van der Waals surface area contributed by atoms with Crippen molar-refractivity contribution in [2.24, 2.45) is 0 Å². The number of carbonyl (C=O) groups excluding carboxylic acids is 2. The van der Waals surface area contributed by atoms with Gasteiger partial charge in [-0.2, -0.15) is 0 Å². The number of amides is 2. The Labute approximate surface area is 159 Å². The average Bonchev–Trinajstić information content (AvgIpc) is 3.22.